The van der Waals surface area contributed by atoms with Gasteiger partial charge in [0.2, 0.25) is 0 Å². The van der Waals surface area contributed by atoms with Gasteiger partial charge in [0.05, 0.1) is 5.02 Å². The van der Waals surface area contributed by atoms with Crippen LogP contribution in [0.25, 0.3) is 22.6 Å². The average molecular weight is 341 g/mol. The van der Waals surface area contributed by atoms with Crippen LogP contribution in [0.1, 0.15) is 29.6 Å². The van der Waals surface area contributed by atoms with Crippen molar-refractivity contribution in [3.8, 4) is 11.4 Å². The van der Waals surface area contributed by atoms with Crippen LogP contribution in [-0.2, 0) is 0 Å². The molecule has 1 aliphatic heterocycles. The minimum Gasteiger partial charge on any atom is -0.339 e. The number of hydrogen-bond acceptors (Lipinski definition) is 3. The molecule has 0 aliphatic carbocycles. The molecule has 0 bridgehead atoms. The van der Waals surface area contributed by atoms with Gasteiger partial charge in [-0.05, 0) is 37.5 Å². The molecule has 1 N–H and O–H groups in total. The molecular formula is C18H17ClN4O. The lowest BCUT2D eigenvalue weighted by atomic mass is 10.1. The second-order valence-electron chi connectivity index (χ2n) is 6.01. The Kier molecular flexibility index (Phi) is 3.94. The third-order valence-electron chi connectivity index (χ3n) is 4.38. The van der Waals surface area contributed by atoms with E-state index in [2.05, 4.69) is 15.0 Å². The number of nitrogens with zero attached hydrogens (tertiary/aromatic N) is 3. The first-order chi connectivity index (χ1) is 11.7. The molecule has 3 aromatic rings. The summed E-state index contributed by atoms with van der Waals surface area (Å²) in [7, 11) is 0. The molecule has 0 atom stereocenters. The van der Waals surface area contributed by atoms with E-state index in [1.165, 1.54) is 6.42 Å². The van der Waals surface area contributed by atoms with Gasteiger partial charge in [-0.15, -0.1) is 0 Å². The molecule has 5 nitrogen and oxygen atoms in total. The summed E-state index contributed by atoms with van der Waals surface area (Å²) in [6, 6.07) is 9.24. The van der Waals surface area contributed by atoms with Crippen molar-refractivity contribution >= 4 is 28.7 Å². The van der Waals surface area contributed by atoms with Crippen LogP contribution in [0.3, 0.4) is 0 Å². The number of pyridine rings is 1. The van der Waals surface area contributed by atoms with Crippen molar-refractivity contribution in [1.82, 2.24) is 19.9 Å². The topological polar surface area (TPSA) is 61.9 Å². The number of carbonyl (C=O) groups excluding carboxylic acids is 1. The van der Waals surface area contributed by atoms with Crippen LogP contribution < -0.4 is 0 Å². The smallest absolute Gasteiger partial charge is 0.253 e. The number of fused-ring (bicyclic) bond motifs is 1. The summed E-state index contributed by atoms with van der Waals surface area (Å²) in [6.07, 6.45) is 5.05. The average Bonchev–Trinajstić information content (AvgIpc) is 3.08. The lowest BCUT2D eigenvalue weighted by Gasteiger charge is -2.26. The predicted octanol–water partition coefficient (Wildman–Crippen LogP) is 3.90. The van der Waals surface area contributed by atoms with Crippen molar-refractivity contribution in [2.24, 2.45) is 0 Å². The van der Waals surface area contributed by atoms with Crippen LogP contribution in [0.5, 0.6) is 0 Å². The molecule has 4 rings (SSSR count). The fraction of sp³-hybridized carbons (Fsp3) is 0.278. The highest BCUT2D eigenvalue weighted by atomic mass is 35.5. The molecule has 24 heavy (non-hydrogen) atoms. The van der Waals surface area contributed by atoms with Crippen molar-refractivity contribution in [2.45, 2.75) is 19.3 Å². The molecule has 1 amide bonds. The second kappa shape index (κ2) is 6.24. The van der Waals surface area contributed by atoms with Gasteiger partial charge in [0, 0.05) is 30.4 Å². The number of nitrogens with one attached hydrogen (secondary N) is 1. The second-order valence-corrected chi connectivity index (χ2v) is 6.41. The van der Waals surface area contributed by atoms with Gasteiger partial charge < -0.3 is 9.88 Å². The van der Waals surface area contributed by atoms with Crippen molar-refractivity contribution in [1.29, 1.82) is 0 Å². The quantitative estimate of drug-likeness (QED) is 0.769. The summed E-state index contributed by atoms with van der Waals surface area (Å²) in [6.45, 7) is 1.71. The van der Waals surface area contributed by atoms with E-state index in [4.69, 9.17) is 11.6 Å². The SMILES string of the molecule is O=C(c1ccc(-c2nc3c(Cl)ccnc3[nH]2)cc1)N1CCCCC1. The molecule has 3 heterocycles. The Labute approximate surface area is 144 Å². The summed E-state index contributed by atoms with van der Waals surface area (Å²) < 4.78 is 0. The zero-order valence-electron chi connectivity index (χ0n) is 13.1. The van der Waals surface area contributed by atoms with Gasteiger partial charge in [0.15, 0.2) is 5.65 Å². The van der Waals surface area contributed by atoms with E-state index in [0.29, 0.717) is 27.6 Å². The maximum absolute atomic E-state index is 12.5. The van der Waals surface area contributed by atoms with Crippen molar-refractivity contribution in [2.75, 3.05) is 13.1 Å². The standard InChI is InChI=1S/C18H17ClN4O/c19-14-8-9-20-17-15(14)21-16(22-17)12-4-6-13(7-5-12)18(24)23-10-2-1-3-11-23/h4-9H,1-3,10-11H2,(H,20,21,22). The molecule has 2 aromatic heterocycles. The summed E-state index contributed by atoms with van der Waals surface area (Å²) in [5, 5.41) is 0.569. The zero-order chi connectivity index (χ0) is 16.5. The van der Waals surface area contributed by atoms with Crippen LogP contribution in [-0.4, -0.2) is 38.8 Å². The van der Waals surface area contributed by atoms with Crippen molar-refractivity contribution in [3.63, 3.8) is 0 Å². The number of H-pyrrole nitrogens is 1. The van der Waals surface area contributed by atoms with Gasteiger partial charge in [-0.2, -0.15) is 0 Å². The molecule has 1 fully saturated rings. The summed E-state index contributed by atoms with van der Waals surface area (Å²) >= 11 is 6.14. The van der Waals surface area contributed by atoms with E-state index in [-0.39, 0.29) is 5.91 Å². The number of aromatic nitrogens is 3. The lowest BCUT2D eigenvalue weighted by Crippen LogP contribution is -2.35. The van der Waals surface area contributed by atoms with E-state index in [1.54, 1.807) is 12.3 Å². The van der Waals surface area contributed by atoms with Crippen molar-refractivity contribution < 1.29 is 4.79 Å². The first-order valence-corrected chi connectivity index (χ1v) is 8.50. The largest absolute Gasteiger partial charge is 0.339 e. The van der Waals surface area contributed by atoms with Crippen LogP contribution in [0.4, 0.5) is 0 Å². The fourth-order valence-corrected chi connectivity index (χ4v) is 3.26. The number of imidazole rings is 1. The van der Waals surface area contributed by atoms with Gasteiger partial charge in [-0.3, -0.25) is 4.79 Å². The van der Waals surface area contributed by atoms with E-state index < -0.39 is 0 Å². The van der Waals surface area contributed by atoms with Gasteiger partial charge in [-0.1, -0.05) is 23.7 Å². The monoisotopic (exact) mass is 340 g/mol. The molecule has 122 valence electrons. The van der Waals surface area contributed by atoms with E-state index in [9.17, 15) is 4.79 Å². The van der Waals surface area contributed by atoms with Gasteiger partial charge in [0.1, 0.15) is 11.3 Å². The number of hydrogen-bond donors (Lipinski definition) is 1. The molecule has 0 unspecified atom stereocenters. The molecule has 0 saturated carbocycles. The number of rotatable bonds is 2. The molecule has 1 aromatic carbocycles. The lowest BCUT2D eigenvalue weighted by molar-refractivity contribution is 0.0724. The van der Waals surface area contributed by atoms with Crippen LogP contribution in [0.2, 0.25) is 5.02 Å². The van der Waals surface area contributed by atoms with E-state index in [1.807, 2.05) is 29.2 Å². The molecular weight excluding hydrogens is 324 g/mol. The number of likely N-dealkylation sites (tertiary alicyclic amines) is 1. The van der Waals surface area contributed by atoms with Crippen LogP contribution in [0, 0.1) is 0 Å². The Morgan fingerprint density at radius 2 is 1.83 bits per heavy atom. The summed E-state index contributed by atoms with van der Waals surface area (Å²) in [5.41, 5.74) is 2.93. The highest BCUT2D eigenvalue weighted by molar-refractivity contribution is 6.34. The maximum Gasteiger partial charge on any atom is 0.253 e. The zero-order valence-corrected chi connectivity index (χ0v) is 13.9. The van der Waals surface area contributed by atoms with Crippen LogP contribution in [0.15, 0.2) is 36.5 Å². The van der Waals surface area contributed by atoms with E-state index in [0.717, 1.165) is 31.5 Å². The number of amides is 1. The maximum atomic E-state index is 12.5. The van der Waals surface area contributed by atoms with Gasteiger partial charge in [-0.25, -0.2) is 9.97 Å². The molecule has 0 spiro atoms. The highest BCUT2D eigenvalue weighted by Crippen LogP contribution is 2.24. The molecule has 1 saturated heterocycles. The first-order valence-electron chi connectivity index (χ1n) is 8.12. The van der Waals surface area contributed by atoms with Crippen LogP contribution >= 0.6 is 11.6 Å². The Morgan fingerprint density at radius 1 is 1.08 bits per heavy atom. The van der Waals surface area contributed by atoms with Gasteiger partial charge >= 0.3 is 0 Å². The Balaban J connectivity index is 1.60. The number of benzene rings is 1. The number of halogens is 1. The molecule has 1 aliphatic rings. The fourth-order valence-electron chi connectivity index (χ4n) is 3.07. The molecule has 0 radical (unpaired) electrons. The Hall–Kier alpha value is -2.40. The predicted molar refractivity (Wildman–Crippen MR) is 94.1 cm³/mol. The normalized spacial score (nSPS) is 15.0. The minimum atomic E-state index is 0.107. The highest BCUT2D eigenvalue weighted by Gasteiger charge is 2.18. The summed E-state index contributed by atoms with van der Waals surface area (Å²) in [5.74, 6) is 0.804. The third-order valence-corrected chi connectivity index (χ3v) is 4.69. The minimum absolute atomic E-state index is 0.107. The summed E-state index contributed by atoms with van der Waals surface area (Å²) in [4.78, 5) is 26.3. The Bertz CT molecular complexity index is 882. The first kappa shape index (κ1) is 15.1. The number of piperidine rings is 1. The number of carbonyl (C=O) groups is 1. The molecule has 6 heteroatoms. The van der Waals surface area contributed by atoms with Gasteiger partial charge in [0.25, 0.3) is 5.91 Å². The third kappa shape index (κ3) is 2.76. The van der Waals surface area contributed by atoms with E-state index >= 15 is 0 Å². The van der Waals surface area contributed by atoms with Crippen molar-refractivity contribution in [3.05, 3.63) is 47.1 Å². The Morgan fingerprint density at radius 3 is 2.54 bits per heavy atom. The number of aromatic amines is 1.